The molecule has 1 fully saturated rings. The monoisotopic (exact) mass is 267 g/mol. The Bertz CT molecular complexity index is 582. The first-order valence-corrected chi connectivity index (χ1v) is 6.04. The van der Waals surface area contributed by atoms with Crippen LogP contribution in [0.25, 0.3) is 0 Å². The van der Waals surface area contributed by atoms with Gasteiger partial charge in [0.2, 0.25) is 0 Å². The lowest BCUT2D eigenvalue weighted by atomic mass is 10.2. The Morgan fingerprint density at radius 2 is 1.89 bits per heavy atom. The van der Waals surface area contributed by atoms with Gasteiger partial charge in [0.25, 0.3) is 0 Å². The molecule has 1 aliphatic carbocycles. The highest BCUT2D eigenvalue weighted by atomic mass is 19.1. The van der Waals surface area contributed by atoms with Gasteiger partial charge in [-0.3, -0.25) is 0 Å². The van der Waals surface area contributed by atoms with Crippen LogP contribution in [0, 0.1) is 17.5 Å². The summed E-state index contributed by atoms with van der Waals surface area (Å²) >= 11 is 0. The van der Waals surface area contributed by atoms with Crippen LogP contribution in [-0.4, -0.2) is 9.55 Å². The van der Waals surface area contributed by atoms with Crippen LogP contribution in [0.4, 0.5) is 18.9 Å². The minimum absolute atomic E-state index is 0.246. The molecule has 0 bridgehead atoms. The standard InChI is InChI=1S/C13H12F3N3/c14-8-3-11(15)13(12(16)4-8)18-6-10-5-17-7-19(10)9-1-2-9/h3-5,7,9,18H,1-2,6H2. The van der Waals surface area contributed by atoms with Crippen molar-refractivity contribution < 1.29 is 13.2 Å². The van der Waals surface area contributed by atoms with Crippen LogP contribution in [0.15, 0.2) is 24.7 Å². The number of benzene rings is 1. The van der Waals surface area contributed by atoms with Crippen molar-refractivity contribution in [3.05, 3.63) is 47.8 Å². The van der Waals surface area contributed by atoms with Gasteiger partial charge < -0.3 is 9.88 Å². The number of halogens is 3. The Hall–Kier alpha value is -1.98. The molecule has 19 heavy (non-hydrogen) atoms. The van der Waals surface area contributed by atoms with Gasteiger partial charge >= 0.3 is 0 Å². The van der Waals surface area contributed by atoms with Gasteiger partial charge in [0.15, 0.2) is 11.6 Å². The fraction of sp³-hybridized carbons (Fsp3) is 0.308. The van der Waals surface area contributed by atoms with Gasteiger partial charge in [-0.05, 0) is 12.8 Å². The number of aromatic nitrogens is 2. The van der Waals surface area contributed by atoms with Crippen molar-refractivity contribution in [1.82, 2.24) is 9.55 Å². The van der Waals surface area contributed by atoms with Gasteiger partial charge in [-0.1, -0.05) is 0 Å². The highest BCUT2D eigenvalue weighted by Crippen LogP contribution is 2.35. The summed E-state index contributed by atoms with van der Waals surface area (Å²) in [6.45, 7) is 0.246. The predicted octanol–water partition coefficient (Wildman–Crippen LogP) is 3.25. The summed E-state index contributed by atoms with van der Waals surface area (Å²) in [4.78, 5) is 4.03. The van der Waals surface area contributed by atoms with Crippen molar-refractivity contribution in [3.8, 4) is 0 Å². The maximum Gasteiger partial charge on any atom is 0.152 e. The van der Waals surface area contributed by atoms with Gasteiger partial charge in [0, 0.05) is 24.4 Å². The number of nitrogens with one attached hydrogen (secondary N) is 1. The van der Waals surface area contributed by atoms with Gasteiger partial charge in [-0.2, -0.15) is 0 Å². The molecule has 0 aliphatic heterocycles. The van der Waals surface area contributed by atoms with Crippen molar-refractivity contribution in [2.45, 2.75) is 25.4 Å². The van der Waals surface area contributed by atoms with E-state index >= 15 is 0 Å². The van der Waals surface area contributed by atoms with E-state index in [4.69, 9.17) is 0 Å². The van der Waals surface area contributed by atoms with Gasteiger partial charge in [-0.25, -0.2) is 18.2 Å². The van der Waals surface area contributed by atoms with E-state index in [0.29, 0.717) is 18.2 Å². The SMILES string of the molecule is Fc1cc(F)c(NCc2cncn2C2CC2)c(F)c1. The third-order valence-electron chi connectivity index (χ3n) is 3.14. The Kier molecular flexibility index (Phi) is 2.93. The van der Waals surface area contributed by atoms with E-state index in [-0.39, 0.29) is 12.2 Å². The van der Waals surface area contributed by atoms with Gasteiger partial charge in [0.05, 0.1) is 18.6 Å². The molecule has 0 spiro atoms. The highest BCUT2D eigenvalue weighted by Gasteiger charge is 2.25. The van der Waals surface area contributed by atoms with Crippen LogP contribution >= 0.6 is 0 Å². The van der Waals surface area contributed by atoms with E-state index in [0.717, 1.165) is 18.5 Å². The molecule has 3 nitrogen and oxygen atoms in total. The van der Waals surface area contributed by atoms with Crippen molar-refractivity contribution in [2.24, 2.45) is 0 Å². The third-order valence-corrected chi connectivity index (χ3v) is 3.14. The maximum absolute atomic E-state index is 13.4. The molecule has 3 rings (SSSR count). The molecule has 100 valence electrons. The molecule has 0 saturated heterocycles. The normalized spacial score (nSPS) is 14.7. The number of nitrogens with zero attached hydrogens (tertiary/aromatic N) is 2. The summed E-state index contributed by atoms with van der Waals surface area (Å²) in [6.07, 6.45) is 5.57. The second kappa shape index (κ2) is 4.60. The quantitative estimate of drug-likeness (QED) is 0.921. The fourth-order valence-electron chi connectivity index (χ4n) is 2.04. The number of hydrogen-bond donors (Lipinski definition) is 1. The van der Waals surface area contributed by atoms with Crippen LogP contribution in [0.5, 0.6) is 0 Å². The number of rotatable bonds is 4. The lowest BCUT2D eigenvalue weighted by molar-refractivity contribution is 0.546. The molecule has 0 amide bonds. The molecule has 0 radical (unpaired) electrons. The highest BCUT2D eigenvalue weighted by molar-refractivity contribution is 5.46. The Balaban J connectivity index is 1.77. The van der Waals surface area contributed by atoms with Crippen LogP contribution < -0.4 is 5.32 Å². The Morgan fingerprint density at radius 1 is 1.21 bits per heavy atom. The van der Waals surface area contributed by atoms with Gasteiger partial charge in [-0.15, -0.1) is 0 Å². The summed E-state index contributed by atoms with van der Waals surface area (Å²) in [6, 6.07) is 1.76. The maximum atomic E-state index is 13.4. The van der Waals surface area contributed by atoms with Crippen LogP contribution in [0.1, 0.15) is 24.6 Å². The minimum Gasteiger partial charge on any atom is -0.375 e. The summed E-state index contributed by atoms with van der Waals surface area (Å²) < 4.78 is 41.7. The fourth-order valence-corrected chi connectivity index (χ4v) is 2.04. The van der Waals surface area contributed by atoms with Crippen molar-refractivity contribution in [2.75, 3.05) is 5.32 Å². The van der Waals surface area contributed by atoms with Crippen LogP contribution in [0.2, 0.25) is 0 Å². The largest absolute Gasteiger partial charge is 0.375 e. The Labute approximate surface area is 108 Å². The third kappa shape index (κ3) is 2.43. The lowest BCUT2D eigenvalue weighted by Crippen LogP contribution is -2.08. The second-order valence-corrected chi connectivity index (χ2v) is 4.62. The zero-order valence-corrected chi connectivity index (χ0v) is 10.0. The lowest BCUT2D eigenvalue weighted by Gasteiger charge is -2.10. The zero-order valence-electron chi connectivity index (χ0n) is 10.0. The molecule has 1 aromatic carbocycles. The first kappa shape index (κ1) is 12.1. The predicted molar refractivity (Wildman–Crippen MR) is 64.1 cm³/mol. The molecular formula is C13H12F3N3. The number of imidazole rings is 1. The van der Waals surface area contributed by atoms with Crippen molar-refractivity contribution in [1.29, 1.82) is 0 Å². The summed E-state index contributed by atoms with van der Waals surface area (Å²) in [7, 11) is 0. The van der Waals surface area contributed by atoms with Crippen molar-refractivity contribution >= 4 is 5.69 Å². The van der Waals surface area contributed by atoms with E-state index in [1.165, 1.54) is 0 Å². The van der Waals surface area contributed by atoms with Crippen LogP contribution in [0.3, 0.4) is 0 Å². The molecular weight excluding hydrogens is 255 g/mol. The molecule has 1 N–H and O–H groups in total. The minimum atomic E-state index is -0.935. The van der Waals surface area contributed by atoms with E-state index in [1.807, 2.05) is 4.57 Å². The summed E-state index contributed by atoms with van der Waals surface area (Å²) in [5.74, 6) is -2.80. The van der Waals surface area contributed by atoms with E-state index in [1.54, 1.807) is 12.5 Å². The average molecular weight is 267 g/mol. The first-order valence-electron chi connectivity index (χ1n) is 6.04. The van der Waals surface area contributed by atoms with Gasteiger partial charge in [0.1, 0.15) is 11.5 Å². The summed E-state index contributed by atoms with van der Waals surface area (Å²) in [5.41, 5.74) is 0.538. The molecule has 0 unspecified atom stereocenters. The number of anilines is 1. The van der Waals surface area contributed by atoms with Crippen LogP contribution in [-0.2, 0) is 6.54 Å². The van der Waals surface area contributed by atoms with Crippen molar-refractivity contribution in [3.63, 3.8) is 0 Å². The van der Waals surface area contributed by atoms with E-state index < -0.39 is 17.5 Å². The van der Waals surface area contributed by atoms with E-state index in [9.17, 15) is 13.2 Å². The zero-order chi connectivity index (χ0) is 13.4. The average Bonchev–Trinajstić information content (AvgIpc) is 3.08. The molecule has 1 saturated carbocycles. The molecule has 1 heterocycles. The number of hydrogen-bond acceptors (Lipinski definition) is 2. The molecule has 6 heteroatoms. The molecule has 1 aliphatic rings. The molecule has 1 aromatic heterocycles. The Morgan fingerprint density at radius 3 is 2.53 bits per heavy atom. The molecule has 2 aromatic rings. The molecule has 0 atom stereocenters. The topological polar surface area (TPSA) is 29.9 Å². The second-order valence-electron chi connectivity index (χ2n) is 4.62. The first-order chi connectivity index (χ1) is 9.15. The smallest absolute Gasteiger partial charge is 0.152 e. The summed E-state index contributed by atoms with van der Waals surface area (Å²) in [5, 5.41) is 2.66. The van der Waals surface area contributed by atoms with E-state index in [2.05, 4.69) is 10.3 Å².